The maximum absolute atomic E-state index is 6.19. The summed E-state index contributed by atoms with van der Waals surface area (Å²) in [7, 11) is 0. The number of nitrogens with two attached hydrogens (primary N) is 1. The highest BCUT2D eigenvalue weighted by atomic mass is 35.5. The molecule has 2 aromatic carbocycles. The van der Waals surface area contributed by atoms with Gasteiger partial charge in [0.15, 0.2) is 0 Å². The average Bonchev–Trinajstić information content (AvgIpc) is 2.40. The summed E-state index contributed by atoms with van der Waals surface area (Å²) in [5, 5.41) is 1.53. The van der Waals surface area contributed by atoms with E-state index in [9.17, 15) is 0 Å². The maximum atomic E-state index is 6.19. The van der Waals surface area contributed by atoms with E-state index in [-0.39, 0.29) is 6.04 Å². The first-order valence-electron chi connectivity index (χ1n) is 5.97. The molecule has 1 unspecified atom stereocenters. The highest BCUT2D eigenvalue weighted by Crippen LogP contribution is 2.30. The van der Waals surface area contributed by atoms with E-state index in [0.717, 1.165) is 31.8 Å². The number of hydrogen-bond donors (Lipinski definition) is 1. The highest BCUT2D eigenvalue weighted by molar-refractivity contribution is 7.99. The summed E-state index contributed by atoms with van der Waals surface area (Å²) < 4.78 is 0. The first kappa shape index (κ1) is 14.7. The van der Waals surface area contributed by atoms with Gasteiger partial charge in [0, 0.05) is 21.7 Å². The van der Waals surface area contributed by atoms with Crippen LogP contribution in [0, 0.1) is 6.92 Å². The Bertz CT molecular complexity index is 572. The molecule has 4 heteroatoms. The van der Waals surface area contributed by atoms with Gasteiger partial charge in [-0.1, -0.05) is 47.5 Å². The average molecular weight is 312 g/mol. The minimum absolute atomic E-state index is 0.0561. The SMILES string of the molecule is Cc1ccc(C(N)CSc2ccccc2Cl)cc1Cl. The Morgan fingerprint density at radius 2 is 1.84 bits per heavy atom. The van der Waals surface area contributed by atoms with Gasteiger partial charge in [0.05, 0.1) is 5.02 Å². The minimum atomic E-state index is -0.0561. The first-order valence-corrected chi connectivity index (χ1v) is 7.71. The van der Waals surface area contributed by atoms with Crippen molar-refractivity contribution in [2.24, 2.45) is 5.73 Å². The van der Waals surface area contributed by atoms with E-state index in [1.807, 2.05) is 49.4 Å². The first-order chi connectivity index (χ1) is 9.08. The van der Waals surface area contributed by atoms with Crippen LogP contribution in [0.3, 0.4) is 0 Å². The molecule has 0 aliphatic rings. The van der Waals surface area contributed by atoms with Crippen molar-refractivity contribution in [3.63, 3.8) is 0 Å². The summed E-state index contributed by atoms with van der Waals surface area (Å²) in [5.74, 6) is 0.767. The Morgan fingerprint density at radius 1 is 1.11 bits per heavy atom. The van der Waals surface area contributed by atoms with E-state index in [1.54, 1.807) is 11.8 Å². The lowest BCUT2D eigenvalue weighted by atomic mass is 10.1. The molecule has 0 heterocycles. The fourth-order valence-corrected chi connectivity index (χ4v) is 3.10. The lowest BCUT2D eigenvalue weighted by Gasteiger charge is -2.13. The molecule has 0 aliphatic heterocycles. The third-order valence-electron chi connectivity index (χ3n) is 2.88. The molecular weight excluding hydrogens is 297 g/mol. The van der Waals surface area contributed by atoms with Gasteiger partial charge in [-0.25, -0.2) is 0 Å². The van der Waals surface area contributed by atoms with Crippen LogP contribution in [0.15, 0.2) is 47.4 Å². The molecule has 100 valence electrons. The molecule has 19 heavy (non-hydrogen) atoms. The number of halogens is 2. The molecule has 2 aromatic rings. The van der Waals surface area contributed by atoms with Crippen LogP contribution in [0.2, 0.25) is 10.0 Å². The Hall–Kier alpha value is -0.670. The third kappa shape index (κ3) is 3.90. The summed E-state index contributed by atoms with van der Waals surface area (Å²) in [6, 6.07) is 13.7. The molecule has 0 spiro atoms. The molecule has 0 radical (unpaired) electrons. The van der Waals surface area contributed by atoms with Gasteiger partial charge in [0.2, 0.25) is 0 Å². The van der Waals surface area contributed by atoms with Gasteiger partial charge in [-0.15, -0.1) is 11.8 Å². The van der Waals surface area contributed by atoms with Crippen molar-refractivity contribution in [1.82, 2.24) is 0 Å². The summed E-state index contributed by atoms with van der Waals surface area (Å²) >= 11 is 13.9. The minimum Gasteiger partial charge on any atom is -0.323 e. The van der Waals surface area contributed by atoms with Crippen LogP contribution >= 0.6 is 35.0 Å². The molecule has 2 rings (SSSR count). The van der Waals surface area contributed by atoms with Gasteiger partial charge < -0.3 is 5.73 Å². The van der Waals surface area contributed by atoms with E-state index in [0.29, 0.717) is 0 Å². The third-order valence-corrected chi connectivity index (χ3v) is 4.92. The summed E-state index contributed by atoms with van der Waals surface area (Å²) in [5.41, 5.74) is 8.31. The summed E-state index contributed by atoms with van der Waals surface area (Å²) in [6.45, 7) is 1.98. The smallest absolute Gasteiger partial charge is 0.0541 e. The Kier molecular flexibility index (Phi) is 5.17. The van der Waals surface area contributed by atoms with Gasteiger partial charge in [-0.05, 0) is 36.2 Å². The van der Waals surface area contributed by atoms with Crippen LogP contribution in [0.5, 0.6) is 0 Å². The van der Waals surface area contributed by atoms with Crippen LogP contribution in [0.4, 0.5) is 0 Å². The van der Waals surface area contributed by atoms with Crippen molar-refractivity contribution < 1.29 is 0 Å². The van der Waals surface area contributed by atoms with E-state index in [2.05, 4.69) is 0 Å². The lowest BCUT2D eigenvalue weighted by molar-refractivity contribution is 0.831. The quantitative estimate of drug-likeness (QED) is 0.795. The van der Waals surface area contributed by atoms with Crippen molar-refractivity contribution in [1.29, 1.82) is 0 Å². The number of hydrogen-bond acceptors (Lipinski definition) is 2. The van der Waals surface area contributed by atoms with Crippen molar-refractivity contribution in [2.45, 2.75) is 17.9 Å². The molecule has 0 saturated carbocycles. The summed E-state index contributed by atoms with van der Waals surface area (Å²) in [6.07, 6.45) is 0. The molecule has 0 saturated heterocycles. The normalized spacial score (nSPS) is 12.4. The number of benzene rings is 2. The van der Waals surface area contributed by atoms with Gasteiger partial charge in [0.25, 0.3) is 0 Å². The molecule has 0 amide bonds. The molecule has 0 aromatic heterocycles. The van der Waals surface area contributed by atoms with Crippen LogP contribution in [0.1, 0.15) is 17.2 Å². The van der Waals surface area contributed by atoms with Crippen LogP contribution in [0.25, 0.3) is 0 Å². The molecule has 0 fully saturated rings. The van der Waals surface area contributed by atoms with E-state index in [1.165, 1.54) is 0 Å². The molecule has 1 atom stereocenters. The standard InChI is InChI=1S/C15H15Cl2NS/c1-10-6-7-11(8-13(10)17)14(18)9-19-15-5-3-2-4-12(15)16/h2-8,14H,9,18H2,1H3. The highest BCUT2D eigenvalue weighted by Gasteiger charge is 2.09. The van der Waals surface area contributed by atoms with Crippen molar-refractivity contribution >= 4 is 35.0 Å². The zero-order chi connectivity index (χ0) is 13.8. The zero-order valence-corrected chi connectivity index (χ0v) is 12.9. The zero-order valence-electron chi connectivity index (χ0n) is 10.6. The van der Waals surface area contributed by atoms with Gasteiger partial charge >= 0.3 is 0 Å². The van der Waals surface area contributed by atoms with Gasteiger partial charge in [-0.2, -0.15) is 0 Å². The predicted octanol–water partition coefficient (Wildman–Crippen LogP) is 5.09. The Morgan fingerprint density at radius 3 is 2.53 bits per heavy atom. The summed E-state index contributed by atoms with van der Waals surface area (Å²) in [4.78, 5) is 1.05. The van der Waals surface area contributed by atoms with Gasteiger partial charge in [-0.3, -0.25) is 0 Å². The number of aryl methyl sites for hydroxylation is 1. The largest absolute Gasteiger partial charge is 0.323 e. The van der Waals surface area contributed by atoms with Crippen molar-refractivity contribution in [3.05, 3.63) is 63.6 Å². The van der Waals surface area contributed by atoms with Crippen LogP contribution in [-0.2, 0) is 0 Å². The van der Waals surface area contributed by atoms with Crippen LogP contribution in [-0.4, -0.2) is 5.75 Å². The van der Waals surface area contributed by atoms with Crippen molar-refractivity contribution in [2.75, 3.05) is 5.75 Å². The number of rotatable bonds is 4. The van der Waals surface area contributed by atoms with Crippen LogP contribution < -0.4 is 5.73 Å². The molecule has 1 nitrogen and oxygen atoms in total. The second kappa shape index (κ2) is 6.67. The van der Waals surface area contributed by atoms with E-state index < -0.39 is 0 Å². The van der Waals surface area contributed by atoms with E-state index >= 15 is 0 Å². The topological polar surface area (TPSA) is 26.0 Å². The predicted molar refractivity (Wildman–Crippen MR) is 85.3 cm³/mol. The molecule has 2 N–H and O–H groups in total. The molecular formula is C15H15Cl2NS. The van der Waals surface area contributed by atoms with E-state index in [4.69, 9.17) is 28.9 Å². The van der Waals surface area contributed by atoms with Crippen molar-refractivity contribution in [3.8, 4) is 0 Å². The van der Waals surface area contributed by atoms with Gasteiger partial charge in [0.1, 0.15) is 0 Å². The second-order valence-corrected chi connectivity index (χ2v) is 6.23. The molecule has 0 aliphatic carbocycles. The molecule has 0 bridgehead atoms. The fraction of sp³-hybridized carbons (Fsp3) is 0.200. The fourth-order valence-electron chi connectivity index (χ4n) is 1.68. The monoisotopic (exact) mass is 311 g/mol. The number of thioether (sulfide) groups is 1. The Balaban J connectivity index is 2.03. The second-order valence-electron chi connectivity index (χ2n) is 4.36. The Labute approximate surface area is 128 Å². The lowest BCUT2D eigenvalue weighted by Crippen LogP contribution is -2.13. The maximum Gasteiger partial charge on any atom is 0.0541 e.